The van der Waals surface area contributed by atoms with Gasteiger partial charge in [0.2, 0.25) is 5.88 Å². The maximum absolute atomic E-state index is 6.22. The number of pyridine rings is 1. The molecule has 0 aromatic carbocycles. The van der Waals surface area contributed by atoms with Gasteiger partial charge in [-0.1, -0.05) is 19.9 Å². The Labute approximate surface area is 103 Å². The zero-order chi connectivity index (χ0) is 12.1. The molecule has 0 saturated heterocycles. The first-order chi connectivity index (χ1) is 7.56. The maximum Gasteiger partial charge on any atom is 0.213 e. The van der Waals surface area contributed by atoms with Crippen LogP contribution in [0.25, 0.3) is 0 Å². The SMILES string of the molecule is CCOc1cccc(C(C(C)C)C(C)Cl)n1. The van der Waals surface area contributed by atoms with Crippen molar-refractivity contribution in [3.05, 3.63) is 23.9 Å². The highest BCUT2D eigenvalue weighted by Gasteiger charge is 2.22. The number of halogens is 1. The predicted molar refractivity (Wildman–Crippen MR) is 68.3 cm³/mol. The second-order valence-electron chi connectivity index (χ2n) is 4.28. The van der Waals surface area contributed by atoms with Gasteiger partial charge in [-0.15, -0.1) is 11.6 Å². The molecule has 90 valence electrons. The van der Waals surface area contributed by atoms with Crippen LogP contribution in [-0.2, 0) is 0 Å². The molecule has 2 atom stereocenters. The summed E-state index contributed by atoms with van der Waals surface area (Å²) >= 11 is 6.22. The van der Waals surface area contributed by atoms with E-state index >= 15 is 0 Å². The smallest absolute Gasteiger partial charge is 0.213 e. The molecule has 0 aliphatic rings. The van der Waals surface area contributed by atoms with Crippen molar-refractivity contribution in [2.24, 2.45) is 5.92 Å². The fourth-order valence-corrected chi connectivity index (χ4v) is 2.37. The molecule has 2 unspecified atom stereocenters. The van der Waals surface area contributed by atoms with E-state index in [1.165, 1.54) is 0 Å². The normalized spacial score (nSPS) is 14.9. The monoisotopic (exact) mass is 241 g/mol. The summed E-state index contributed by atoms with van der Waals surface area (Å²) in [5, 5.41) is 0.0735. The van der Waals surface area contributed by atoms with Crippen LogP contribution in [0.4, 0.5) is 0 Å². The molecule has 0 bridgehead atoms. The summed E-state index contributed by atoms with van der Waals surface area (Å²) in [6.45, 7) is 8.94. The van der Waals surface area contributed by atoms with Crippen LogP contribution in [0.1, 0.15) is 39.3 Å². The molecule has 1 aromatic heterocycles. The molecule has 0 spiro atoms. The van der Waals surface area contributed by atoms with Gasteiger partial charge in [0, 0.05) is 23.1 Å². The third-order valence-corrected chi connectivity index (χ3v) is 2.86. The minimum atomic E-state index is 0.0735. The van der Waals surface area contributed by atoms with Gasteiger partial charge in [0.1, 0.15) is 0 Å². The number of ether oxygens (including phenoxy) is 1. The molecule has 2 nitrogen and oxygen atoms in total. The minimum absolute atomic E-state index is 0.0735. The van der Waals surface area contributed by atoms with Crippen LogP contribution in [-0.4, -0.2) is 17.0 Å². The van der Waals surface area contributed by atoms with Crippen LogP contribution < -0.4 is 4.74 Å². The topological polar surface area (TPSA) is 22.1 Å². The number of hydrogen-bond donors (Lipinski definition) is 0. The van der Waals surface area contributed by atoms with E-state index in [1.54, 1.807) is 0 Å². The van der Waals surface area contributed by atoms with E-state index in [4.69, 9.17) is 16.3 Å². The Bertz CT molecular complexity index is 317. The van der Waals surface area contributed by atoms with Gasteiger partial charge in [-0.05, 0) is 25.8 Å². The van der Waals surface area contributed by atoms with Gasteiger partial charge in [0.05, 0.1) is 6.61 Å². The number of aromatic nitrogens is 1. The largest absolute Gasteiger partial charge is 0.478 e. The Hall–Kier alpha value is -0.760. The standard InChI is InChI=1S/C13H20ClNO/c1-5-16-12-8-6-7-11(15-12)13(9(2)3)10(4)14/h6-10,13H,5H2,1-4H3. The summed E-state index contributed by atoms with van der Waals surface area (Å²) in [5.74, 6) is 1.42. The number of alkyl halides is 1. The van der Waals surface area contributed by atoms with Crippen molar-refractivity contribution in [2.45, 2.75) is 39.0 Å². The van der Waals surface area contributed by atoms with Crippen molar-refractivity contribution >= 4 is 11.6 Å². The summed E-state index contributed by atoms with van der Waals surface area (Å²) < 4.78 is 5.40. The fraction of sp³-hybridized carbons (Fsp3) is 0.615. The summed E-state index contributed by atoms with van der Waals surface area (Å²) in [7, 11) is 0. The molecule has 1 aromatic rings. The number of hydrogen-bond acceptors (Lipinski definition) is 2. The maximum atomic E-state index is 6.22. The van der Waals surface area contributed by atoms with Gasteiger partial charge in [-0.3, -0.25) is 0 Å². The first-order valence-corrected chi connectivity index (χ1v) is 6.23. The second-order valence-corrected chi connectivity index (χ2v) is 4.97. The van der Waals surface area contributed by atoms with Gasteiger partial charge >= 0.3 is 0 Å². The number of nitrogens with zero attached hydrogens (tertiary/aromatic N) is 1. The van der Waals surface area contributed by atoms with Crippen molar-refractivity contribution < 1.29 is 4.74 Å². The van der Waals surface area contributed by atoms with Gasteiger partial charge in [-0.25, -0.2) is 4.98 Å². The van der Waals surface area contributed by atoms with Crippen molar-refractivity contribution in [3.63, 3.8) is 0 Å². The molecular weight excluding hydrogens is 222 g/mol. The molecule has 0 aliphatic heterocycles. The van der Waals surface area contributed by atoms with Crippen LogP contribution >= 0.6 is 11.6 Å². The number of rotatable bonds is 5. The van der Waals surface area contributed by atoms with E-state index in [9.17, 15) is 0 Å². The first-order valence-electron chi connectivity index (χ1n) is 5.80. The zero-order valence-electron chi connectivity index (χ0n) is 10.4. The molecule has 0 radical (unpaired) electrons. The lowest BCUT2D eigenvalue weighted by molar-refractivity contribution is 0.323. The van der Waals surface area contributed by atoms with Gasteiger partial charge in [0.25, 0.3) is 0 Å². The second kappa shape index (κ2) is 6.09. The van der Waals surface area contributed by atoms with Crippen molar-refractivity contribution in [3.8, 4) is 5.88 Å². The third kappa shape index (κ3) is 3.38. The lowest BCUT2D eigenvalue weighted by atomic mass is 9.89. The van der Waals surface area contributed by atoms with Crippen LogP contribution in [0, 0.1) is 5.92 Å². The Morgan fingerprint density at radius 1 is 1.31 bits per heavy atom. The first kappa shape index (κ1) is 13.3. The van der Waals surface area contributed by atoms with Crippen molar-refractivity contribution in [2.75, 3.05) is 6.61 Å². The zero-order valence-corrected chi connectivity index (χ0v) is 11.2. The van der Waals surface area contributed by atoms with E-state index < -0.39 is 0 Å². The van der Waals surface area contributed by atoms with Gasteiger partial charge in [-0.2, -0.15) is 0 Å². The quantitative estimate of drug-likeness (QED) is 0.731. The minimum Gasteiger partial charge on any atom is -0.478 e. The van der Waals surface area contributed by atoms with Gasteiger partial charge in [0.15, 0.2) is 0 Å². The average molecular weight is 242 g/mol. The Balaban J connectivity index is 2.95. The molecule has 0 amide bonds. The molecule has 1 heterocycles. The lowest BCUT2D eigenvalue weighted by Gasteiger charge is -2.23. The molecule has 0 N–H and O–H groups in total. The van der Waals surface area contributed by atoms with Crippen LogP contribution in [0.2, 0.25) is 0 Å². The molecule has 0 fully saturated rings. The Morgan fingerprint density at radius 3 is 2.50 bits per heavy atom. The van der Waals surface area contributed by atoms with E-state index in [-0.39, 0.29) is 11.3 Å². The summed E-state index contributed by atoms with van der Waals surface area (Å²) in [4.78, 5) is 4.50. The molecule has 3 heteroatoms. The predicted octanol–water partition coefficient (Wildman–Crippen LogP) is 3.85. The fourth-order valence-electron chi connectivity index (χ4n) is 1.95. The van der Waals surface area contributed by atoms with Gasteiger partial charge < -0.3 is 4.74 Å². The molecule has 0 saturated carbocycles. The molecule has 16 heavy (non-hydrogen) atoms. The summed E-state index contributed by atoms with van der Waals surface area (Å²) in [6.07, 6.45) is 0. The van der Waals surface area contributed by atoms with Crippen molar-refractivity contribution in [1.82, 2.24) is 4.98 Å². The molecular formula is C13H20ClNO. The van der Waals surface area contributed by atoms with Crippen LogP contribution in [0.3, 0.4) is 0 Å². The summed E-state index contributed by atoms with van der Waals surface area (Å²) in [5.41, 5.74) is 1.02. The highest BCUT2D eigenvalue weighted by Crippen LogP contribution is 2.30. The Morgan fingerprint density at radius 2 is 2.00 bits per heavy atom. The van der Waals surface area contributed by atoms with Crippen molar-refractivity contribution in [1.29, 1.82) is 0 Å². The average Bonchev–Trinajstić information content (AvgIpc) is 2.17. The highest BCUT2D eigenvalue weighted by atomic mass is 35.5. The molecule has 0 aliphatic carbocycles. The molecule has 1 rings (SSSR count). The lowest BCUT2D eigenvalue weighted by Crippen LogP contribution is -2.17. The van der Waals surface area contributed by atoms with Crippen LogP contribution in [0.15, 0.2) is 18.2 Å². The van der Waals surface area contributed by atoms with E-state index in [2.05, 4.69) is 18.8 Å². The van der Waals surface area contributed by atoms with E-state index in [0.717, 1.165) is 5.69 Å². The Kier molecular flexibility index (Phi) is 5.07. The highest BCUT2D eigenvalue weighted by molar-refractivity contribution is 6.20. The summed E-state index contributed by atoms with van der Waals surface area (Å²) in [6, 6.07) is 5.87. The van der Waals surface area contributed by atoms with Crippen LogP contribution in [0.5, 0.6) is 5.88 Å². The van der Waals surface area contributed by atoms with E-state index in [0.29, 0.717) is 18.4 Å². The third-order valence-electron chi connectivity index (χ3n) is 2.59. The van der Waals surface area contributed by atoms with E-state index in [1.807, 2.05) is 32.0 Å².